The molecular weight excluding hydrogens is 360 g/mol. The third kappa shape index (κ3) is 3.36. The van der Waals surface area contributed by atoms with Gasteiger partial charge in [-0.1, -0.05) is 18.6 Å². The molecule has 0 aliphatic heterocycles. The highest BCUT2D eigenvalue weighted by Gasteiger charge is 2.21. The van der Waals surface area contributed by atoms with Crippen LogP contribution in [0.5, 0.6) is 0 Å². The van der Waals surface area contributed by atoms with Crippen LogP contribution in [0, 0.1) is 11.3 Å². The van der Waals surface area contributed by atoms with Crippen molar-refractivity contribution in [3.05, 3.63) is 57.0 Å². The molecule has 1 amide bonds. The summed E-state index contributed by atoms with van der Waals surface area (Å²) in [6.45, 7) is -0.135. The van der Waals surface area contributed by atoms with Crippen molar-refractivity contribution in [3.8, 4) is 6.07 Å². The molecule has 27 heavy (non-hydrogen) atoms. The molecule has 0 radical (unpaired) electrons. The number of aromatic nitrogens is 2. The van der Waals surface area contributed by atoms with Gasteiger partial charge < -0.3 is 5.32 Å². The smallest absolute Gasteiger partial charge is 0.261 e. The molecule has 3 aromatic rings. The van der Waals surface area contributed by atoms with Gasteiger partial charge in [0, 0.05) is 4.88 Å². The zero-order valence-electron chi connectivity index (χ0n) is 14.7. The fraction of sp³-hybridized carbons (Fsp3) is 0.300. The van der Waals surface area contributed by atoms with Crippen LogP contribution >= 0.6 is 11.3 Å². The van der Waals surface area contributed by atoms with Gasteiger partial charge in [-0.25, -0.2) is 4.98 Å². The number of thiophene rings is 1. The number of benzene rings is 1. The lowest BCUT2D eigenvalue weighted by atomic mass is 10.1. The van der Waals surface area contributed by atoms with Crippen LogP contribution in [-0.4, -0.2) is 15.5 Å². The van der Waals surface area contributed by atoms with Gasteiger partial charge in [-0.2, -0.15) is 5.26 Å². The van der Waals surface area contributed by atoms with Gasteiger partial charge in [-0.15, -0.1) is 11.3 Å². The summed E-state index contributed by atoms with van der Waals surface area (Å²) in [7, 11) is 0. The molecule has 0 unspecified atom stereocenters. The topological polar surface area (TPSA) is 87.8 Å². The van der Waals surface area contributed by atoms with Crippen molar-refractivity contribution in [2.75, 3.05) is 5.32 Å². The average molecular weight is 378 g/mol. The summed E-state index contributed by atoms with van der Waals surface area (Å²) >= 11 is 1.49. The molecule has 0 bridgehead atoms. The first-order valence-corrected chi connectivity index (χ1v) is 9.77. The Morgan fingerprint density at radius 3 is 2.93 bits per heavy atom. The molecule has 1 aliphatic rings. The van der Waals surface area contributed by atoms with Gasteiger partial charge in [0.15, 0.2) is 0 Å². The minimum atomic E-state index is -0.331. The van der Waals surface area contributed by atoms with Gasteiger partial charge in [0.2, 0.25) is 5.91 Å². The van der Waals surface area contributed by atoms with Crippen LogP contribution in [0.3, 0.4) is 0 Å². The molecule has 136 valence electrons. The van der Waals surface area contributed by atoms with E-state index in [2.05, 4.69) is 16.4 Å². The second-order valence-corrected chi connectivity index (χ2v) is 7.73. The number of hydrogen-bond donors (Lipinski definition) is 1. The number of nitriles is 1. The molecule has 0 atom stereocenters. The van der Waals surface area contributed by atoms with Crippen LogP contribution in [0.2, 0.25) is 0 Å². The quantitative estimate of drug-likeness (QED) is 0.709. The second kappa shape index (κ2) is 7.33. The van der Waals surface area contributed by atoms with Crippen LogP contribution in [0.4, 0.5) is 5.00 Å². The Labute approximate surface area is 160 Å². The summed E-state index contributed by atoms with van der Waals surface area (Å²) in [4.78, 5) is 30.5. The first kappa shape index (κ1) is 17.4. The molecular formula is C20H18N4O2S. The van der Waals surface area contributed by atoms with E-state index in [-0.39, 0.29) is 18.0 Å². The fourth-order valence-electron chi connectivity index (χ4n) is 3.49. The third-order valence-corrected chi connectivity index (χ3v) is 6.04. The van der Waals surface area contributed by atoms with Crippen LogP contribution in [0.15, 0.2) is 35.4 Å². The van der Waals surface area contributed by atoms with Gasteiger partial charge in [-0.3, -0.25) is 14.2 Å². The Bertz CT molecular complexity index is 1120. The Hall–Kier alpha value is -2.98. The van der Waals surface area contributed by atoms with Crippen molar-refractivity contribution >= 4 is 33.1 Å². The van der Waals surface area contributed by atoms with E-state index in [1.165, 1.54) is 33.5 Å². The van der Waals surface area contributed by atoms with Crippen molar-refractivity contribution in [1.82, 2.24) is 9.55 Å². The number of carbonyl (C=O) groups is 1. The number of nitrogens with one attached hydrogen (secondary N) is 1. The molecule has 2 aromatic heterocycles. The molecule has 0 saturated heterocycles. The molecule has 1 aliphatic carbocycles. The third-order valence-electron chi connectivity index (χ3n) is 4.83. The van der Waals surface area contributed by atoms with E-state index < -0.39 is 0 Å². The number of fused-ring (bicyclic) bond motifs is 2. The van der Waals surface area contributed by atoms with E-state index in [1.54, 1.807) is 18.2 Å². The van der Waals surface area contributed by atoms with Crippen LogP contribution in [0.25, 0.3) is 10.9 Å². The second-order valence-electron chi connectivity index (χ2n) is 6.62. The van der Waals surface area contributed by atoms with Gasteiger partial charge >= 0.3 is 0 Å². The Morgan fingerprint density at radius 2 is 2.07 bits per heavy atom. The normalized spacial score (nSPS) is 13.6. The minimum absolute atomic E-state index is 0.135. The van der Waals surface area contributed by atoms with E-state index in [1.807, 2.05) is 6.07 Å². The summed E-state index contributed by atoms with van der Waals surface area (Å²) < 4.78 is 1.29. The fourth-order valence-corrected chi connectivity index (χ4v) is 4.74. The average Bonchev–Trinajstić information content (AvgIpc) is 2.83. The summed E-state index contributed by atoms with van der Waals surface area (Å²) in [5.41, 5.74) is 2.01. The Kier molecular flexibility index (Phi) is 4.73. The summed E-state index contributed by atoms with van der Waals surface area (Å²) in [6, 6.07) is 9.30. The van der Waals surface area contributed by atoms with Crippen molar-refractivity contribution in [2.24, 2.45) is 0 Å². The monoisotopic (exact) mass is 378 g/mol. The molecule has 7 heteroatoms. The molecule has 6 nitrogen and oxygen atoms in total. The minimum Gasteiger partial charge on any atom is -0.315 e. The van der Waals surface area contributed by atoms with Crippen molar-refractivity contribution in [1.29, 1.82) is 5.26 Å². The lowest BCUT2D eigenvalue weighted by Crippen LogP contribution is -2.27. The number of hydrogen-bond acceptors (Lipinski definition) is 5. The van der Waals surface area contributed by atoms with Crippen LogP contribution in [0.1, 0.15) is 35.3 Å². The molecule has 2 heterocycles. The highest BCUT2D eigenvalue weighted by Crippen LogP contribution is 2.36. The summed E-state index contributed by atoms with van der Waals surface area (Å²) in [5, 5.41) is 13.5. The number of anilines is 1. The Morgan fingerprint density at radius 1 is 1.26 bits per heavy atom. The lowest BCUT2D eigenvalue weighted by Gasteiger charge is -2.07. The molecule has 0 fully saturated rings. The van der Waals surface area contributed by atoms with Crippen LogP contribution < -0.4 is 10.9 Å². The zero-order valence-corrected chi connectivity index (χ0v) is 15.5. The highest BCUT2D eigenvalue weighted by atomic mass is 32.1. The molecule has 0 spiro atoms. The predicted molar refractivity (Wildman–Crippen MR) is 105 cm³/mol. The maximum absolute atomic E-state index is 12.5. The van der Waals surface area contributed by atoms with Gasteiger partial charge in [0.25, 0.3) is 5.56 Å². The maximum Gasteiger partial charge on any atom is 0.261 e. The summed E-state index contributed by atoms with van der Waals surface area (Å²) in [6.07, 6.45) is 6.59. The SMILES string of the molecule is N#Cc1c(NC(=O)Cn2cnc3ccccc3c2=O)sc2c1CCCCC2. The van der Waals surface area contributed by atoms with E-state index in [4.69, 9.17) is 0 Å². The molecule has 1 aromatic carbocycles. The first-order valence-electron chi connectivity index (χ1n) is 8.96. The number of para-hydroxylation sites is 1. The van der Waals surface area contributed by atoms with Gasteiger partial charge in [-0.05, 0) is 43.4 Å². The molecule has 4 rings (SSSR count). The lowest BCUT2D eigenvalue weighted by molar-refractivity contribution is -0.116. The number of amides is 1. The number of rotatable bonds is 3. The summed E-state index contributed by atoms with van der Waals surface area (Å²) in [5.74, 6) is -0.331. The van der Waals surface area contributed by atoms with E-state index in [9.17, 15) is 14.9 Å². The van der Waals surface area contributed by atoms with E-state index in [0.29, 0.717) is 21.5 Å². The Balaban J connectivity index is 1.58. The first-order chi connectivity index (χ1) is 13.2. The van der Waals surface area contributed by atoms with E-state index >= 15 is 0 Å². The zero-order chi connectivity index (χ0) is 18.8. The van der Waals surface area contributed by atoms with Gasteiger partial charge in [0.05, 0.1) is 22.8 Å². The van der Waals surface area contributed by atoms with E-state index in [0.717, 1.165) is 31.2 Å². The highest BCUT2D eigenvalue weighted by molar-refractivity contribution is 7.16. The largest absolute Gasteiger partial charge is 0.315 e. The molecule has 1 N–H and O–H groups in total. The van der Waals surface area contributed by atoms with Crippen molar-refractivity contribution in [3.63, 3.8) is 0 Å². The van der Waals surface area contributed by atoms with Gasteiger partial charge in [0.1, 0.15) is 17.6 Å². The number of nitrogens with zero attached hydrogens (tertiary/aromatic N) is 3. The van der Waals surface area contributed by atoms with Crippen molar-refractivity contribution in [2.45, 2.75) is 38.6 Å². The molecule has 0 saturated carbocycles. The maximum atomic E-state index is 12.5. The predicted octanol–water partition coefficient (Wildman–Crippen LogP) is 3.24. The number of aryl methyl sites for hydroxylation is 1. The van der Waals surface area contributed by atoms with Crippen LogP contribution in [-0.2, 0) is 24.2 Å². The standard InChI is InChI=1S/C20H18N4O2S/c21-10-15-13-6-2-1-3-9-17(13)27-19(15)23-18(25)11-24-12-22-16-8-5-4-7-14(16)20(24)26/h4-5,7-8,12H,1-3,6,9,11H2,(H,23,25). The number of carbonyl (C=O) groups excluding carboxylic acids is 1. The van der Waals surface area contributed by atoms with Crippen molar-refractivity contribution < 1.29 is 4.79 Å².